The van der Waals surface area contributed by atoms with Gasteiger partial charge in [0.15, 0.2) is 0 Å². The second-order valence-corrected chi connectivity index (χ2v) is 4.95. The van der Waals surface area contributed by atoms with Crippen molar-refractivity contribution in [3.63, 3.8) is 0 Å². The van der Waals surface area contributed by atoms with Crippen LogP contribution in [-0.2, 0) is 6.54 Å². The van der Waals surface area contributed by atoms with Gasteiger partial charge in [-0.05, 0) is 46.4 Å². The quantitative estimate of drug-likeness (QED) is 0.784. The molecule has 0 saturated heterocycles. The van der Waals surface area contributed by atoms with Gasteiger partial charge in [0, 0.05) is 30.4 Å². The molecule has 0 atom stereocenters. The highest BCUT2D eigenvalue weighted by Crippen LogP contribution is 2.24. The Morgan fingerprint density at radius 3 is 2.61 bits per heavy atom. The van der Waals surface area contributed by atoms with Crippen LogP contribution in [0.5, 0.6) is 0 Å². The molecule has 0 unspecified atom stereocenters. The third kappa shape index (κ3) is 3.33. The van der Waals surface area contributed by atoms with E-state index in [4.69, 9.17) is 4.98 Å². The molecule has 0 radical (unpaired) electrons. The maximum Gasteiger partial charge on any atom is 0.134 e. The Bertz CT molecular complexity index is 410. The lowest BCUT2D eigenvalue weighted by molar-refractivity contribution is 0.696. The standard InChI is InChI=1S/C15H25N3/c1-7-8-18(11(2)3)15-14(10-16-6)12(4)9-13(5)17-15/h7,9,11,16H,1,8,10H2,2-6H3. The van der Waals surface area contributed by atoms with Crippen LogP contribution >= 0.6 is 0 Å². The highest BCUT2D eigenvalue weighted by Gasteiger charge is 2.16. The molecule has 0 aliphatic rings. The average Bonchev–Trinajstić information content (AvgIpc) is 2.29. The number of aryl methyl sites for hydroxylation is 2. The van der Waals surface area contributed by atoms with Gasteiger partial charge in [-0.25, -0.2) is 4.98 Å². The van der Waals surface area contributed by atoms with E-state index in [1.165, 1.54) is 11.1 Å². The normalized spacial score (nSPS) is 10.8. The minimum atomic E-state index is 0.410. The van der Waals surface area contributed by atoms with E-state index in [2.05, 4.69) is 43.6 Å². The van der Waals surface area contributed by atoms with Crippen LogP contribution in [0.2, 0.25) is 0 Å². The van der Waals surface area contributed by atoms with E-state index in [-0.39, 0.29) is 0 Å². The number of anilines is 1. The molecule has 1 rings (SSSR count). The van der Waals surface area contributed by atoms with Crippen LogP contribution in [0.15, 0.2) is 18.7 Å². The van der Waals surface area contributed by atoms with Crippen molar-refractivity contribution >= 4 is 5.82 Å². The van der Waals surface area contributed by atoms with Crippen LogP contribution < -0.4 is 10.2 Å². The monoisotopic (exact) mass is 247 g/mol. The van der Waals surface area contributed by atoms with E-state index in [1.54, 1.807) is 0 Å². The lowest BCUT2D eigenvalue weighted by Gasteiger charge is -2.29. The number of nitrogens with one attached hydrogen (secondary N) is 1. The van der Waals surface area contributed by atoms with Gasteiger partial charge >= 0.3 is 0 Å². The smallest absolute Gasteiger partial charge is 0.134 e. The summed E-state index contributed by atoms with van der Waals surface area (Å²) >= 11 is 0. The number of hydrogen-bond donors (Lipinski definition) is 1. The molecule has 0 aliphatic heterocycles. The topological polar surface area (TPSA) is 28.2 Å². The van der Waals surface area contributed by atoms with Crippen LogP contribution in [-0.4, -0.2) is 24.6 Å². The van der Waals surface area contributed by atoms with Gasteiger partial charge in [-0.3, -0.25) is 0 Å². The van der Waals surface area contributed by atoms with Crippen molar-refractivity contribution in [2.24, 2.45) is 0 Å². The first-order valence-corrected chi connectivity index (χ1v) is 6.50. The first kappa shape index (κ1) is 14.7. The fourth-order valence-corrected chi connectivity index (χ4v) is 2.16. The number of pyridine rings is 1. The molecule has 1 aromatic rings. The molecule has 3 heteroatoms. The van der Waals surface area contributed by atoms with Crippen molar-refractivity contribution in [3.8, 4) is 0 Å². The molecule has 18 heavy (non-hydrogen) atoms. The van der Waals surface area contributed by atoms with E-state index in [0.29, 0.717) is 6.04 Å². The van der Waals surface area contributed by atoms with Crippen molar-refractivity contribution in [1.82, 2.24) is 10.3 Å². The van der Waals surface area contributed by atoms with E-state index in [0.717, 1.165) is 24.6 Å². The molecule has 1 heterocycles. The molecule has 3 nitrogen and oxygen atoms in total. The summed E-state index contributed by atoms with van der Waals surface area (Å²) < 4.78 is 0. The molecule has 0 spiro atoms. The van der Waals surface area contributed by atoms with Crippen molar-refractivity contribution in [3.05, 3.63) is 35.5 Å². The number of aromatic nitrogens is 1. The van der Waals surface area contributed by atoms with E-state index >= 15 is 0 Å². The van der Waals surface area contributed by atoms with Gasteiger partial charge in [0.2, 0.25) is 0 Å². The van der Waals surface area contributed by atoms with Crippen molar-refractivity contribution < 1.29 is 0 Å². The van der Waals surface area contributed by atoms with Gasteiger partial charge in [0.25, 0.3) is 0 Å². The molecule has 0 aliphatic carbocycles. The first-order valence-electron chi connectivity index (χ1n) is 6.50. The zero-order valence-corrected chi connectivity index (χ0v) is 12.2. The Balaban J connectivity index is 3.29. The van der Waals surface area contributed by atoms with Gasteiger partial charge < -0.3 is 10.2 Å². The molecule has 0 saturated carbocycles. The third-order valence-corrected chi connectivity index (χ3v) is 3.03. The summed E-state index contributed by atoms with van der Waals surface area (Å²) in [5, 5.41) is 3.23. The Labute approximate surface area is 111 Å². The minimum Gasteiger partial charge on any atom is -0.350 e. The zero-order valence-electron chi connectivity index (χ0n) is 12.2. The van der Waals surface area contributed by atoms with E-state index < -0.39 is 0 Å². The number of hydrogen-bond acceptors (Lipinski definition) is 3. The van der Waals surface area contributed by atoms with Crippen LogP contribution in [0.1, 0.15) is 30.7 Å². The summed E-state index contributed by atoms with van der Waals surface area (Å²) in [7, 11) is 1.97. The summed E-state index contributed by atoms with van der Waals surface area (Å²) in [6.07, 6.45) is 1.93. The second kappa shape index (κ2) is 6.55. The lowest BCUT2D eigenvalue weighted by Crippen LogP contribution is -2.33. The molecule has 0 amide bonds. The number of rotatable bonds is 6. The molecule has 1 aromatic heterocycles. The summed E-state index contributed by atoms with van der Waals surface area (Å²) in [6, 6.07) is 2.55. The number of nitrogens with zero attached hydrogens (tertiary/aromatic N) is 2. The second-order valence-electron chi connectivity index (χ2n) is 4.95. The fraction of sp³-hybridized carbons (Fsp3) is 0.533. The van der Waals surface area contributed by atoms with Gasteiger partial charge in [-0.2, -0.15) is 0 Å². The summed E-state index contributed by atoms with van der Waals surface area (Å²) in [5.74, 6) is 1.08. The highest BCUT2D eigenvalue weighted by atomic mass is 15.2. The Hall–Kier alpha value is -1.35. The molecular formula is C15H25N3. The predicted molar refractivity (Wildman–Crippen MR) is 79.2 cm³/mol. The molecule has 1 N–H and O–H groups in total. The van der Waals surface area contributed by atoms with Crippen LogP contribution in [0.25, 0.3) is 0 Å². The SMILES string of the molecule is C=CCN(c1nc(C)cc(C)c1CNC)C(C)C. The third-order valence-electron chi connectivity index (χ3n) is 3.03. The van der Waals surface area contributed by atoms with Crippen LogP contribution in [0.3, 0.4) is 0 Å². The lowest BCUT2D eigenvalue weighted by atomic mass is 10.1. The Morgan fingerprint density at radius 1 is 1.44 bits per heavy atom. The predicted octanol–water partition coefficient (Wildman–Crippen LogP) is 2.82. The van der Waals surface area contributed by atoms with Gasteiger partial charge in [-0.15, -0.1) is 6.58 Å². The molecular weight excluding hydrogens is 222 g/mol. The molecule has 0 fully saturated rings. The van der Waals surface area contributed by atoms with Gasteiger partial charge in [-0.1, -0.05) is 6.08 Å². The van der Waals surface area contributed by atoms with Crippen LogP contribution in [0, 0.1) is 13.8 Å². The summed E-state index contributed by atoms with van der Waals surface area (Å²) in [5.41, 5.74) is 3.64. The van der Waals surface area contributed by atoms with Gasteiger partial charge in [0.1, 0.15) is 5.82 Å². The zero-order chi connectivity index (χ0) is 13.7. The molecule has 0 bridgehead atoms. The molecule has 0 aromatic carbocycles. The Kier molecular flexibility index (Phi) is 5.35. The summed E-state index contributed by atoms with van der Waals surface area (Å²) in [6.45, 7) is 14.1. The van der Waals surface area contributed by atoms with Crippen molar-refractivity contribution in [2.45, 2.75) is 40.3 Å². The van der Waals surface area contributed by atoms with Crippen LogP contribution in [0.4, 0.5) is 5.82 Å². The van der Waals surface area contributed by atoms with E-state index in [1.807, 2.05) is 20.0 Å². The largest absolute Gasteiger partial charge is 0.350 e. The highest BCUT2D eigenvalue weighted by molar-refractivity contribution is 5.52. The van der Waals surface area contributed by atoms with Gasteiger partial charge in [0.05, 0.1) is 0 Å². The summed E-state index contributed by atoms with van der Waals surface area (Å²) in [4.78, 5) is 7.02. The maximum absolute atomic E-state index is 4.73. The van der Waals surface area contributed by atoms with Crippen molar-refractivity contribution in [1.29, 1.82) is 0 Å². The first-order chi connectivity index (χ1) is 8.51. The maximum atomic E-state index is 4.73. The Morgan fingerprint density at radius 2 is 2.11 bits per heavy atom. The minimum absolute atomic E-state index is 0.410. The van der Waals surface area contributed by atoms with Crippen molar-refractivity contribution in [2.75, 3.05) is 18.5 Å². The average molecular weight is 247 g/mol. The van der Waals surface area contributed by atoms with E-state index in [9.17, 15) is 0 Å². The fourth-order valence-electron chi connectivity index (χ4n) is 2.16. The molecule has 100 valence electrons.